The Hall–Kier alpha value is -2.30. The average Bonchev–Trinajstić information content (AvgIpc) is 3.18. The van der Waals surface area contributed by atoms with E-state index in [0.717, 1.165) is 10.5 Å². The minimum atomic E-state index is 1.01. The quantitative estimate of drug-likeness (QED) is 0.306. The predicted octanol–water partition coefficient (Wildman–Crippen LogP) is 6.07. The van der Waals surface area contributed by atoms with Gasteiger partial charge in [-0.2, -0.15) is 0 Å². The highest BCUT2D eigenvalue weighted by molar-refractivity contribution is 7.99. The maximum Gasteiger partial charge on any atom is 0.222 e. The van der Waals surface area contributed by atoms with Crippen LogP contribution in [0.25, 0.3) is 43.3 Å². The van der Waals surface area contributed by atoms with E-state index >= 15 is 0 Å². The van der Waals surface area contributed by atoms with Crippen LogP contribution in [0.4, 0.5) is 0 Å². The Morgan fingerprint density at radius 1 is 1.00 bits per heavy atom. The highest BCUT2D eigenvalue weighted by atomic mass is 32.2. The van der Waals surface area contributed by atoms with Gasteiger partial charge in [0.25, 0.3) is 0 Å². The van der Waals surface area contributed by atoms with Crippen molar-refractivity contribution in [3.05, 3.63) is 53.5 Å². The smallest absolute Gasteiger partial charge is 0.222 e. The molecule has 2 nitrogen and oxygen atoms in total. The molecule has 5 aromatic rings. The van der Waals surface area contributed by atoms with Gasteiger partial charge in [0.1, 0.15) is 12.6 Å². The van der Waals surface area contributed by atoms with E-state index in [1.54, 1.807) is 11.3 Å². The number of thiophene rings is 1. The van der Waals surface area contributed by atoms with Gasteiger partial charge in [0.2, 0.25) is 5.69 Å². The molecule has 0 radical (unpaired) electrons. The van der Waals surface area contributed by atoms with Gasteiger partial charge in [0, 0.05) is 32.0 Å². The third kappa shape index (κ3) is 1.68. The van der Waals surface area contributed by atoms with Crippen LogP contribution >= 0.6 is 23.1 Å². The molecule has 0 unspecified atom stereocenters. The lowest BCUT2D eigenvalue weighted by atomic mass is 9.97. The molecule has 0 saturated carbocycles. The van der Waals surface area contributed by atoms with Gasteiger partial charge in [-0.3, -0.25) is 0 Å². The number of nitrogens with zero attached hydrogens (tertiary/aromatic N) is 1. The van der Waals surface area contributed by atoms with Crippen molar-refractivity contribution in [2.75, 3.05) is 0 Å². The molecule has 25 heavy (non-hydrogen) atoms. The Balaban J connectivity index is 1.89. The molecule has 0 saturated heterocycles. The topological polar surface area (TPSA) is 17.0 Å². The van der Waals surface area contributed by atoms with E-state index in [0.29, 0.717) is 0 Å². The fraction of sp³-hybridized carbons (Fsp3) is 0.0952. The van der Waals surface area contributed by atoms with Crippen LogP contribution in [-0.2, 0) is 7.05 Å². The van der Waals surface area contributed by atoms with Gasteiger partial charge in [0.15, 0.2) is 11.1 Å². The van der Waals surface area contributed by atoms with Crippen LogP contribution in [0.3, 0.4) is 0 Å². The van der Waals surface area contributed by atoms with E-state index in [1.807, 2.05) is 11.8 Å². The molecule has 4 heteroatoms. The highest BCUT2D eigenvalue weighted by Crippen LogP contribution is 2.50. The van der Waals surface area contributed by atoms with E-state index < -0.39 is 0 Å². The van der Waals surface area contributed by atoms with Crippen molar-refractivity contribution in [3.63, 3.8) is 0 Å². The highest BCUT2D eigenvalue weighted by Gasteiger charge is 2.29. The summed E-state index contributed by atoms with van der Waals surface area (Å²) in [7, 11) is 2.13. The van der Waals surface area contributed by atoms with Gasteiger partial charge in [-0.15, -0.1) is 11.3 Å². The molecule has 0 fully saturated rings. The summed E-state index contributed by atoms with van der Waals surface area (Å²) >= 11 is 3.54. The van der Waals surface area contributed by atoms with E-state index in [9.17, 15) is 0 Å². The molecular formula is C21H14NOS2+. The Morgan fingerprint density at radius 2 is 1.92 bits per heavy atom. The summed E-state index contributed by atoms with van der Waals surface area (Å²) < 4.78 is 8.49. The van der Waals surface area contributed by atoms with Crippen molar-refractivity contribution in [1.82, 2.24) is 0 Å². The largest absolute Gasteiger partial charge is 0.445 e. The molecule has 0 bridgehead atoms. The first-order valence-corrected chi connectivity index (χ1v) is 9.95. The SMILES string of the molecule is Cc1cccc2c1-c1c3c(cc4c5ccsc5oc4c3cc[n+]1C)S2. The number of aromatic nitrogens is 1. The predicted molar refractivity (Wildman–Crippen MR) is 105 cm³/mol. The van der Waals surface area contributed by atoms with Crippen LogP contribution in [0.1, 0.15) is 5.56 Å². The number of fused-ring (bicyclic) bond motifs is 6. The fourth-order valence-electron chi connectivity index (χ4n) is 4.01. The molecule has 0 amide bonds. The molecule has 120 valence electrons. The summed E-state index contributed by atoms with van der Waals surface area (Å²) in [5, 5.41) is 7.08. The lowest BCUT2D eigenvalue weighted by Gasteiger charge is -2.19. The zero-order valence-corrected chi connectivity index (χ0v) is 15.4. The third-order valence-corrected chi connectivity index (χ3v) is 7.03. The lowest BCUT2D eigenvalue weighted by Crippen LogP contribution is -2.31. The van der Waals surface area contributed by atoms with Crippen LogP contribution in [0, 0.1) is 6.92 Å². The first kappa shape index (κ1) is 13.9. The molecule has 6 rings (SSSR count). The number of furan rings is 1. The number of hydrogen-bond acceptors (Lipinski definition) is 3. The summed E-state index contributed by atoms with van der Waals surface area (Å²) in [6.07, 6.45) is 2.16. The molecule has 0 atom stereocenters. The second-order valence-electron chi connectivity index (χ2n) is 6.59. The van der Waals surface area contributed by atoms with Gasteiger partial charge in [-0.05, 0) is 36.1 Å². The van der Waals surface area contributed by atoms with Crippen molar-refractivity contribution in [1.29, 1.82) is 0 Å². The zero-order valence-electron chi connectivity index (χ0n) is 13.8. The van der Waals surface area contributed by atoms with Gasteiger partial charge < -0.3 is 4.42 Å². The molecule has 1 aliphatic heterocycles. The average molecular weight is 360 g/mol. The minimum Gasteiger partial charge on any atom is -0.445 e. The third-order valence-electron chi connectivity index (χ3n) is 5.14. The summed E-state index contributed by atoms with van der Waals surface area (Å²) in [5.74, 6) is 0. The second-order valence-corrected chi connectivity index (χ2v) is 8.55. The van der Waals surface area contributed by atoms with Gasteiger partial charge in [0.05, 0.1) is 10.9 Å². The van der Waals surface area contributed by atoms with E-state index in [2.05, 4.69) is 66.5 Å². The number of benzene rings is 2. The Morgan fingerprint density at radius 3 is 2.84 bits per heavy atom. The Bertz CT molecular complexity index is 1340. The van der Waals surface area contributed by atoms with Crippen LogP contribution in [-0.4, -0.2) is 0 Å². The van der Waals surface area contributed by atoms with Crippen LogP contribution in [0.15, 0.2) is 62.2 Å². The second kappa shape index (κ2) is 4.65. The van der Waals surface area contributed by atoms with Crippen molar-refractivity contribution in [3.8, 4) is 11.3 Å². The molecule has 3 aromatic heterocycles. The molecule has 0 spiro atoms. The Kier molecular flexibility index (Phi) is 2.59. The van der Waals surface area contributed by atoms with E-state index in [-0.39, 0.29) is 0 Å². The summed E-state index contributed by atoms with van der Waals surface area (Å²) in [6, 6.07) is 13.3. The first-order valence-electron chi connectivity index (χ1n) is 8.25. The molecule has 0 N–H and O–H groups in total. The van der Waals surface area contributed by atoms with Gasteiger partial charge >= 0.3 is 0 Å². The van der Waals surface area contributed by atoms with E-state index in [4.69, 9.17) is 4.42 Å². The van der Waals surface area contributed by atoms with Gasteiger partial charge in [-0.25, -0.2) is 4.57 Å². The number of rotatable bonds is 0. The molecule has 0 aliphatic carbocycles. The summed E-state index contributed by atoms with van der Waals surface area (Å²) in [6.45, 7) is 2.20. The van der Waals surface area contributed by atoms with Crippen molar-refractivity contribution in [2.24, 2.45) is 7.05 Å². The summed E-state index contributed by atoms with van der Waals surface area (Å²) in [5.41, 5.74) is 4.97. The fourth-order valence-corrected chi connectivity index (χ4v) is 6.00. The lowest BCUT2D eigenvalue weighted by molar-refractivity contribution is -0.659. The van der Waals surface area contributed by atoms with Crippen molar-refractivity contribution < 1.29 is 8.98 Å². The normalized spacial score (nSPS) is 13.0. The maximum absolute atomic E-state index is 6.24. The van der Waals surface area contributed by atoms with Crippen molar-refractivity contribution >= 4 is 55.1 Å². The summed E-state index contributed by atoms with van der Waals surface area (Å²) in [4.78, 5) is 3.67. The standard InChI is InChI=1S/C21H14NOS2/c1-11-4-3-5-15-17(11)19-18-13(6-8-22(19)2)20-14(10-16(18)25-15)12-7-9-24-21(12)23-20/h3-10H,1-2H3/q+1. The van der Waals surface area contributed by atoms with Crippen LogP contribution in [0.2, 0.25) is 0 Å². The maximum atomic E-state index is 6.24. The van der Waals surface area contributed by atoms with Crippen LogP contribution in [0.5, 0.6) is 0 Å². The number of aryl methyl sites for hydroxylation is 2. The zero-order chi connectivity index (χ0) is 16.7. The first-order chi connectivity index (χ1) is 12.2. The molecule has 4 heterocycles. The molecular weight excluding hydrogens is 346 g/mol. The monoisotopic (exact) mass is 360 g/mol. The molecule has 1 aliphatic rings. The van der Waals surface area contributed by atoms with Crippen LogP contribution < -0.4 is 4.57 Å². The van der Waals surface area contributed by atoms with Crippen molar-refractivity contribution in [2.45, 2.75) is 16.7 Å². The number of pyridine rings is 1. The molecule has 2 aromatic carbocycles. The van der Waals surface area contributed by atoms with E-state index in [1.165, 1.54) is 48.2 Å². The number of hydrogen-bond donors (Lipinski definition) is 0. The minimum absolute atomic E-state index is 1.01. The Labute approximate surface area is 152 Å². The van der Waals surface area contributed by atoms with Gasteiger partial charge in [-0.1, -0.05) is 23.9 Å².